The summed E-state index contributed by atoms with van der Waals surface area (Å²) >= 11 is 0. The monoisotopic (exact) mass is 189 g/mol. The average molecular weight is 189 g/mol. The van der Waals surface area contributed by atoms with Crippen LogP contribution in [0.15, 0.2) is 0 Å². The van der Waals surface area contributed by atoms with E-state index in [1.54, 1.807) is 0 Å². The SMILES string of the molecule is CC(=O)N[C@@H](CCCCO)C(=O)O. The summed E-state index contributed by atoms with van der Waals surface area (Å²) in [6.07, 6.45) is 1.51. The van der Waals surface area contributed by atoms with E-state index in [-0.39, 0.29) is 12.5 Å². The van der Waals surface area contributed by atoms with Crippen molar-refractivity contribution in [1.82, 2.24) is 5.32 Å². The van der Waals surface area contributed by atoms with Crippen LogP contribution in [0, 0.1) is 0 Å². The molecule has 0 spiro atoms. The van der Waals surface area contributed by atoms with E-state index in [4.69, 9.17) is 10.2 Å². The number of carbonyl (C=O) groups excluding carboxylic acids is 1. The van der Waals surface area contributed by atoms with Crippen LogP contribution in [0.25, 0.3) is 0 Å². The summed E-state index contributed by atoms with van der Waals surface area (Å²) in [5.41, 5.74) is 0. The van der Waals surface area contributed by atoms with Crippen molar-refractivity contribution < 1.29 is 19.8 Å². The Morgan fingerprint density at radius 3 is 2.38 bits per heavy atom. The molecule has 0 bridgehead atoms. The smallest absolute Gasteiger partial charge is 0.326 e. The highest BCUT2D eigenvalue weighted by Crippen LogP contribution is 2.00. The molecule has 0 aromatic heterocycles. The summed E-state index contributed by atoms with van der Waals surface area (Å²) in [7, 11) is 0. The Kier molecular flexibility index (Phi) is 5.88. The molecule has 1 atom stereocenters. The van der Waals surface area contributed by atoms with E-state index in [9.17, 15) is 9.59 Å². The van der Waals surface area contributed by atoms with E-state index >= 15 is 0 Å². The van der Waals surface area contributed by atoms with E-state index in [0.29, 0.717) is 19.3 Å². The normalized spacial score (nSPS) is 12.2. The molecule has 0 saturated heterocycles. The molecule has 5 heteroatoms. The molecule has 0 heterocycles. The fourth-order valence-electron chi connectivity index (χ4n) is 0.963. The molecule has 0 fully saturated rings. The Morgan fingerprint density at radius 1 is 1.38 bits per heavy atom. The van der Waals surface area contributed by atoms with Crippen LogP contribution in [0.4, 0.5) is 0 Å². The molecule has 0 aliphatic heterocycles. The standard InChI is InChI=1S/C8H15NO4/c1-6(11)9-7(8(12)13)4-2-3-5-10/h7,10H,2-5H2,1H3,(H,9,11)(H,12,13)/t7-/m0/s1. The van der Waals surface area contributed by atoms with Crippen LogP contribution in [0.3, 0.4) is 0 Å². The van der Waals surface area contributed by atoms with Gasteiger partial charge in [0, 0.05) is 13.5 Å². The zero-order chi connectivity index (χ0) is 10.3. The van der Waals surface area contributed by atoms with E-state index in [2.05, 4.69) is 5.32 Å². The third-order valence-electron chi connectivity index (χ3n) is 1.58. The summed E-state index contributed by atoms with van der Waals surface area (Å²) in [5, 5.41) is 19.4. The van der Waals surface area contributed by atoms with Gasteiger partial charge in [0.05, 0.1) is 0 Å². The summed E-state index contributed by atoms with van der Waals surface area (Å²) in [4.78, 5) is 21.1. The minimum absolute atomic E-state index is 0.0480. The second-order valence-electron chi connectivity index (χ2n) is 2.81. The zero-order valence-corrected chi connectivity index (χ0v) is 7.62. The summed E-state index contributed by atoms with van der Waals surface area (Å²) in [5.74, 6) is -1.38. The van der Waals surface area contributed by atoms with E-state index in [1.807, 2.05) is 0 Å². The number of carboxylic acid groups (broad SMARTS) is 1. The minimum atomic E-state index is -1.03. The maximum absolute atomic E-state index is 10.6. The Bertz CT molecular complexity index is 181. The molecule has 0 unspecified atom stereocenters. The molecule has 0 radical (unpaired) electrons. The summed E-state index contributed by atoms with van der Waals surface area (Å²) in [6, 6.07) is -0.830. The fourth-order valence-corrected chi connectivity index (χ4v) is 0.963. The second kappa shape index (κ2) is 6.42. The Hall–Kier alpha value is -1.10. The average Bonchev–Trinajstić information content (AvgIpc) is 2.02. The Balaban J connectivity index is 3.81. The van der Waals surface area contributed by atoms with Gasteiger partial charge in [-0.15, -0.1) is 0 Å². The number of aliphatic carboxylic acids is 1. The first-order valence-electron chi connectivity index (χ1n) is 4.18. The third-order valence-corrected chi connectivity index (χ3v) is 1.58. The largest absolute Gasteiger partial charge is 0.480 e. The molecular weight excluding hydrogens is 174 g/mol. The lowest BCUT2D eigenvalue weighted by Crippen LogP contribution is -2.39. The quantitative estimate of drug-likeness (QED) is 0.502. The number of aliphatic hydroxyl groups is 1. The van der Waals surface area contributed by atoms with Gasteiger partial charge in [0.1, 0.15) is 6.04 Å². The Morgan fingerprint density at radius 2 is 2.00 bits per heavy atom. The van der Waals surface area contributed by atoms with Crippen LogP contribution in [-0.2, 0) is 9.59 Å². The predicted molar refractivity (Wildman–Crippen MR) is 46.2 cm³/mol. The first-order chi connectivity index (χ1) is 6.07. The van der Waals surface area contributed by atoms with Crippen LogP contribution < -0.4 is 5.32 Å². The van der Waals surface area contributed by atoms with Crippen molar-refractivity contribution in [2.24, 2.45) is 0 Å². The van der Waals surface area contributed by atoms with Crippen molar-refractivity contribution in [2.75, 3.05) is 6.61 Å². The number of carboxylic acids is 1. The molecule has 0 rings (SSSR count). The molecule has 1 amide bonds. The van der Waals surface area contributed by atoms with Gasteiger partial charge < -0.3 is 15.5 Å². The van der Waals surface area contributed by atoms with Crippen LogP contribution >= 0.6 is 0 Å². The van der Waals surface area contributed by atoms with Gasteiger partial charge in [0.25, 0.3) is 0 Å². The number of carbonyl (C=O) groups is 2. The molecular formula is C8H15NO4. The van der Waals surface area contributed by atoms with Crippen molar-refractivity contribution >= 4 is 11.9 Å². The molecule has 0 aliphatic rings. The maximum Gasteiger partial charge on any atom is 0.326 e. The molecule has 76 valence electrons. The molecule has 0 aliphatic carbocycles. The van der Waals surface area contributed by atoms with Gasteiger partial charge in [-0.25, -0.2) is 4.79 Å². The molecule has 13 heavy (non-hydrogen) atoms. The highest BCUT2D eigenvalue weighted by atomic mass is 16.4. The van der Waals surface area contributed by atoms with E-state index in [0.717, 1.165) is 0 Å². The van der Waals surface area contributed by atoms with Gasteiger partial charge in [-0.2, -0.15) is 0 Å². The van der Waals surface area contributed by atoms with Gasteiger partial charge in [0.2, 0.25) is 5.91 Å². The van der Waals surface area contributed by atoms with Crippen molar-refractivity contribution in [3.63, 3.8) is 0 Å². The number of rotatable bonds is 6. The number of hydrogen-bond acceptors (Lipinski definition) is 3. The van der Waals surface area contributed by atoms with Crippen LogP contribution in [0.2, 0.25) is 0 Å². The van der Waals surface area contributed by atoms with Crippen molar-refractivity contribution in [2.45, 2.75) is 32.2 Å². The van der Waals surface area contributed by atoms with E-state index < -0.39 is 12.0 Å². The van der Waals surface area contributed by atoms with E-state index in [1.165, 1.54) is 6.92 Å². The van der Waals surface area contributed by atoms with Gasteiger partial charge in [-0.3, -0.25) is 4.79 Å². The van der Waals surface area contributed by atoms with Crippen LogP contribution in [0.1, 0.15) is 26.2 Å². The molecule has 0 saturated carbocycles. The van der Waals surface area contributed by atoms with Gasteiger partial charge in [-0.05, 0) is 19.3 Å². The lowest BCUT2D eigenvalue weighted by molar-refractivity contribution is -0.141. The van der Waals surface area contributed by atoms with Crippen molar-refractivity contribution in [1.29, 1.82) is 0 Å². The van der Waals surface area contributed by atoms with Crippen LogP contribution in [0.5, 0.6) is 0 Å². The number of nitrogens with one attached hydrogen (secondary N) is 1. The molecule has 5 nitrogen and oxygen atoms in total. The second-order valence-corrected chi connectivity index (χ2v) is 2.81. The topological polar surface area (TPSA) is 86.6 Å². The van der Waals surface area contributed by atoms with Crippen LogP contribution in [-0.4, -0.2) is 34.7 Å². The first kappa shape index (κ1) is 11.9. The number of unbranched alkanes of at least 4 members (excludes halogenated alkanes) is 1. The summed E-state index contributed by atoms with van der Waals surface area (Å²) in [6.45, 7) is 1.33. The lowest BCUT2D eigenvalue weighted by Gasteiger charge is -2.12. The molecule has 0 aromatic carbocycles. The fraction of sp³-hybridized carbons (Fsp3) is 0.750. The lowest BCUT2D eigenvalue weighted by atomic mass is 10.1. The first-order valence-corrected chi connectivity index (χ1v) is 4.18. The third kappa shape index (κ3) is 6.10. The minimum Gasteiger partial charge on any atom is -0.480 e. The van der Waals surface area contributed by atoms with Gasteiger partial charge >= 0.3 is 5.97 Å². The number of aliphatic hydroxyl groups excluding tert-OH is 1. The predicted octanol–water partition coefficient (Wildman–Crippen LogP) is -0.262. The molecule has 0 aromatic rings. The highest BCUT2D eigenvalue weighted by molar-refractivity contribution is 5.81. The number of amides is 1. The van der Waals surface area contributed by atoms with Gasteiger partial charge in [0.15, 0.2) is 0 Å². The maximum atomic E-state index is 10.6. The van der Waals surface area contributed by atoms with Gasteiger partial charge in [-0.1, -0.05) is 0 Å². The van der Waals surface area contributed by atoms with Crippen molar-refractivity contribution in [3.05, 3.63) is 0 Å². The highest BCUT2D eigenvalue weighted by Gasteiger charge is 2.16. The number of hydrogen-bond donors (Lipinski definition) is 3. The Labute approximate surface area is 76.8 Å². The molecule has 3 N–H and O–H groups in total. The van der Waals surface area contributed by atoms with Crippen molar-refractivity contribution in [3.8, 4) is 0 Å². The zero-order valence-electron chi connectivity index (χ0n) is 7.62. The summed E-state index contributed by atoms with van der Waals surface area (Å²) < 4.78 is 0.